The summed E-state index contributed by atoms with van der Waals surface area (Å²) in [5.74, 6) is 1.21. The van der Waals surface area contributed by atoms with Crippen molar-refractivity contribution in [2.75, 3.05) is 23.7 Å². The first kappa shape index (κ1) is 16.4. The maximum atomic E-state index is 12.2. The Morgan fingerprint density at radius 3 is 2.87 bits per heavy atom. The molecule has 3 rings (SSSR count). The Morgan fingerprint density at radius 1 is 1.26 bits per heavy atom. The van der Waals surface area contributed by atoms with Gasteiger partial charge < -0.3 is 10.2 Å². The van der Waals surface area contributed by atoms with Gasteiger partial charge in [-0.2, -0.15) is 0 Å². The summed E-state index contributed by atoms with van der Waals surface area (Å²) in [6, 6.07) is 7.78. The molecule has 1 aromatic carbocycles. The summed E-state index contributed by atoms with van der Waals surface area (Å²) in [5, 5.41) is 2.97. The van der Waals surface area contributed by atoms with Gasteiger partial charge in [0.2, 0.25) is 11.8 Å². The van der Waals surface area contributed by atoms with Crippen LogP contribution in [0.15, 0.2) is 29.2 Å². The molecule has 0 saturated heterocycles. The number of rotatable bonds is 6. The molecule has 5 heteroatoms. The largest absolute Gasteiger partial charge is 0.355 e. The van der Waals surface area contributed by atoms with E-state index in [2.05, 4.69) is 5.32 Å². The van der Waals surface area contributed by atoms with Crippen LogP contribution in [-0.2, 0) is 9.59 Å². The first-order valence-electron chi connectivity index (χ1n) is 8.53. The van der Waals surface area contributed by atoms with Crippen molar-refractivity contribution in [1.82, 2.24) is 5.32 Å². The maximum absolute atomic E-state index is 12.2. The molecule has 1 saturated carbocycles. The SMILES string of the molecule is O=C(CN1C(=O)CSc2ccccc21)NCCCC1CCCC1. The summed E-state index contributed by atoms with van der Waals surface area (Å²) >= 11 is 1.54. The molecule has 0 spiro atoms. The van der Waals surface area contributed by atoms with Crippen LogP contribution in [0.3, 0.4) is 0 Å². The van der Waals surface area contributed by atoms with Gasteiger partial charge in [-0.1, -0.05) is 37.8 Å². The van der Waals surface area contributed by atoms with Crippen LogP contribution in [0.5, 0.6) is 0 Å². The van der Waals surface area contributed by atoms with E-state index >= 15 is 0 Å². The second-order valence-corrected chi connectivity index (χ2v) is 7.40. The lowest BCUT2D eigenvalue weighted by atomic mass is 10.0. The van der Waals surface area contributed by atoms with Gasteiger partial charge in [0.05, 0.1) is 11.4 Å². The van der Waals surface area contributed by atoms with Gasteiger partial charge in [-0.25, -0.2) is 0 Å². The van der Waals surface area contributed by atoms with Crippen molar-refractivity contribution in [2.45, 2.75) is 43.4 Å². The topological polar surface area (TPSA) is 49.4 Å². The summed E-state index contributed by atoms with van der Waals surface area (Å²) in [5.41, 5.74) is 0.856. The fourth-order valence-electron chi connectivity index (χ4n) is 3.44. The van der Waals surface area contributed by atoms with Gasteiger partial charge in [0.25, 0.3) is 0 Å². The average molecular weight is 332 g/mol. The molecule has 1 fully saturated rings. The highest BCUT2D eigenvalue weighted by Crippen LogP contribution is 2.34. The number of amides is 2. The van der Waals surface area contributed by atoms with Crippen LogP contribution < -0.4 is 10.2 Å². The standard InChI is InChI=1S/C18H24N2O2S/c21-17(19-11-5-8-14-6-1-2-7-14)12-20-15-9-3-4-10-16(15)23-13-18(20)22/h3-4,9-10,14H,1-2,5-8,11-13H2,(H,19,21). The van der Waals surface area contributed by atoms with Crippen molar-refractivity contribution < 1.29 is 9.59 Å². The molecule has 2 aliphatic rings. The van der Waals surface area contributed by atoms with Crippen molar-refractivity contribution in [2.24, 2.45) is 5.92 Å². The zero-order valence-electron chi connectivity index (χ0n) is 13.4. The van der Waals surface area contributed by atoms with E-state index in [-0.39, 0.29) is 18.4 Å². The lowest BCUT2D eigenvalue weighted by molar-refractivity contribution is -0.123. The Hall–Kier alpha value is -1.49. The van der Waals surface area contributed by atoms with E-state index < -0.39 is 0 Å². The highest BCUT2D eigenvalue weighted by molar-refractivity contribution is 8.00. The minimum absolute atomic E-state index is 0.00908. The van der Waals surface area contributed by atoms with E-state index in [9.17, 15) is 9.59 Å². The third-order valence-corrected chi connectivity index (χ3v) is 5.74. The van der Waals surface area contributed by atoms with Gasteiger partial charge in [-0.05, 0) is 30.9 Å². The van der Waals surface area contributed by atoms with Gasteiger partial charge in [0.1, 0.15) is 6.54 Å². The maximum Gasteiger partial charge on any atom is 0.240 e. The van der Waals surface area contributed by atoms with Crippen LogP contribution >= 0.6 is 11.8 Å². The van der Waals surface area contributed by atoms with Crippen LogP contribution in [0, 0.1) is 5.92 Å². The summed E-state index contributed by atoms with van der Waals surface area (Å²) in [6.07, 6.45) is 7.69. The number of anilines is 1. The number of nitrogens with zero attached hydrogens (tertiary/aromatic N) is 1. The molecule has 1 aliphatic heterocycles. The molecule has 124 valence electrons. The summed E-state index contributed by atoms with van der Waals surface area (Å²) in [6.45, 7) is 0.841. The molecule has 2 amide bonds. The molecule has 0 atom stereocenters. The number of hydrogen-bond acceptors (Lipinski definition) is 3. The van der Waals surface area contributed by atoms with Gasteiger partial charge in [0, 0.05) is 11.4 Å². The van der Waals surface area contributed by atoms with E-state index in [1.54, 1.807) is 16.7 Å². The zero-order chi connectivity index (χ0) is 16.1. The Morgan fingerprint density at radius 2 is 2.04 bits per heavy atom. The van der Waals surface area contributed by atoms with Crippen LogP contribution in [0.4, 0.5) is 5.69 Å². The molecule has 23 heavy (non-hydrogen) atoms. The summed E-state index contributed by atoms with van der Waals surface area (Å²) in [4.78, 5) is 27.0. The van der Waals surface area contributed by atoms with E-state index in [1.807, 2.05) is 24.3 Å². The van der Waals surface area contributed by atoms with E-state index in [0.29, 0.717) is 12.3 Å². The molecule has 1 N–H and O–H groups in total. The number of carbonyl (C=O) groups is 2. The molecule has 1 heterocycles. The van der Waals surface area contributed by atoms with Crippen molar-refractivity contribution in [3.05, 3.63) is 24.3 Å². The number of thioether (sulfide) groups is 1. The monoisotopic (exact) mass is 332 g/mol. The number of benzene rings is 1. The predicted molar refractivity (Wildman–Crippen MR) is 93.7 cm³/mol. The highest BCUT2D eigenvalue weighted by atomic mass is 32.2. The normalized spacial score (nSPS) is 18.1. The van der Waals surface area contributed by atoms with Gasteiger partial charge in [0.15, 0.2) is 0 Å². The fourth-order valence-corrected chi connectivity index (χ4v) is 4.38. The summed E-state index contributed by atoms with van der Waals surface area (Å²) in [7, 11) is 0. The van der Waals surface area contributed by atoms with Gasteiger partial charge in [-0.3, -0.25) is 9.59 Å². The average Bonchev–Trinajstić information content (AvgIpc) is 3.08. The van der Waals surface area contributed by atoms with E-state index in [0.717, 1.165) is 22.9 Å². The lowest BCUT2D eigenvalue weighted by Crippen LogP contribution is -2.43. The number of carbonyl (C=O) groups excluding carboxylic acids is 2. The first-order valence-corrected chi connectivity index (χ1v) is 9.51. The molecule has 0 bridgehead atoms. The smallest absolute Gasteiger partial charge is 0.240 e. The molecular formula is C18H24N2O2S. The molecule has 0 aromatic heterocycles. The van der Waals surface area contributed by atoms with Crippen LogP contribution in [-0.4, -0.2) is 30.7 Å². The Labute approximate surface area is 142 Å². The quantitative estimate of drug-likeness (QED) is 0.814. The first-order chi connectivity index (χ1) is 11.2. The lowest BCUT2D eigenvalue weighted by Gasteiger charge is -2.28. The second-order valence-electron chi connectivity index (χ2n) is 6.38. The van der Waals surface area contributed by atoms with Gasteiger partial charge >= 0.3 is 0 Å². The molecule has 1 aliphatic carbocycles. The molecule has 0 unspecified atom stereocenters. The fraction of sp³-hybridized carbons (Fsp3) is 0.556. The van der Waals surface area contributed by atoms with Crippen LogP contribution in [0.25, 0.3) is 0 Å². The number of nitrogens with one attached hydrogen (secondary N) is 1. The van der Waals surface area contributed by atoms with Crippen molar-refractivity contribution in [1.29, 1.82) is 0 Å². The van der Waals surface area contributed by atoms with Crippen LogP contribution in [0.2, 0.25) is 0 Å². The number of hydrogen-bond donors (Lipinski definition) is 1. The minimum Gasteiger partial charge on any atom is -0.355 e. The van der Waals surface area contributed by atoms with Crippen molar-refractivity contribution in [3.8, 4) is 0 Å². The second kappa shape index (κ2) is 7.86. The Kier molecular flexibility index (Phi) is 5.60. The molecule has 1 aromatic rings. The zero-order valence-corrected chi connectivity index (χ0v) is 14.2. The van der Waals surface area contributed by atoms with Crippen molar-refractivity contribution in [3.63, 3.8) is 0 Å². The minimum atomic E-state index is -0.0634. The highest BCUT2D eigenvalue weighted by Gasteiger charge is 2.26. The van der Waals surface area contributed by atoms with E-state index in [1.165, 1.54) is 32.1 Å². The number of fused-ring (bicyclic) bond motifs is 1. The summed E-state index contributed by atoms with van der Waals surface area (Å²) < 4.78 is 0. The van der Waals surface area contributed by atoms with Gasteiger partial charge in [-0.15, -0.1) is 11.8 Å². The van der Waals surface area contributed by atoms with E-state index in [4.69, 9.17) is 0 Å². The third kappa shape index (κ3) is 4.28. The van der Waals surface area contributed by atoms with Crippen LogP contribution in [0.1, 0.15) is 38.5 Å². The van der Waals surface area contributed by atoms with Crippen molar-refractivity contribution >= 4 is 29.3 Å². The Balaban J connectivity index is 1.46. The molecule has 4 nitrogen and oxygen atoms in total. The molecular weight excluding hydrogens is 308 g/mol. The Bertz CT molecular complexity index is 570. The third-order valence-electron chi connectivity index (χ3n) is 4.70. The molecule has 0 radical (unpaired) electrons. The number of para-hydroxylation sites is 1. The predicted octanol–water partition coefficient (Wildman–Crippen LogP) is 3.21.